The summed E-state index contributed by atoms with van der Waals surface area (Å²) in [6, 6.07) is 8.91. The van der Waals surface area contributed by atoms with Crippen molar-refractivity contribution in [1.29, 1.82) is 0 Å². The van der Waals surface area contributed by atoms with Crippen LogP contribution in [-0.4, -0.2) is 42.6 Å². The first-order valence-corrected chi connectivity index (χ1v) is 7.02. The number of rotatable bonds is 5. The van der Waals surface area contributed by atoms with E-state index in [1.807, 2.05) is 24.3 Å². The van der Waals surface area contributed by atoms with E-state index in [0.717, 1.165) is 19.6 Å². The number of carbonyl (C=O) groups excluding carboxylic acids is 1. The molecule has 1 aromatic carbocycles. The Balaban J connectivity index is 1.91. The van der Waals surface area contributed by atoms with Gasteiger partial charge in [-0.1, -0.05) is 12.1 Å². The molecule has 5 nitrogen and oxygen atoms in total. The largest absolute Gasteiger partial charge is 0.484 e. The van der Waals surface area contributed by atoms with Gasteiger partial charge < -0.3 is 15.8 Å². The molecule has 0 bridgehead atoms. The lowest BCUT2D eigenvalue weighted by Gasteiger charge is -2.37. The smallest absolute Gasteiger partial charge is 0.255 e. The van der Waals surface area contributed by atoms with E-state index in [4.69, 9.17) is 10.5 Å². The van der Waals surface area contributed by atoms with Crippen molar-refractivity contribution in [1.82, 2.24) is 10.2 Å². The van der Waals surface area contributed by atoms with Gasteiger partial charge in [0.1, 0.15) is 5.75 Å². The highest BCUT2D eigenvalue weighted by molar-refractivity contribution is 5.75. The first-order valence-electron chi connectivity index (χ1n) is 7.02. The molecular weight excluding hydrogens is 254 g/mol. The molecular formula is C15H23N3O2. The third-order valence-corrected chi connectivity index (χ3v) is 3.58. The normalized spacial score (nSPS) is 23.5. The van der Waals surface area contributed by atoms with Crippen LogP contribution in [0.2, 0.25) is 0 Å². The summed E-state index contributed by atoms with van der Waals surface area (Å²) >= 11 is 0. The number of primary amides is 1. The van der Waals surface area contributed by atoms with Crippen LogP contribution < -0.4 is 15.8 Å². The molecule has 110 valence electrons. The molecule has 2 unspecified atom stereocenters. The van der Waals surface area contributed by atoms with Gasteiger partial charge in [-0.2, -0.15) is 0 Å². The molecule has 1 aromatic rings. The van der Waals surface area contributed by atoms with E-state index in [9.17, 15) is 4.79 Å². The number of piperazine rings is 1. The van der Waals surface area contributed by atoms with Gasteiger partial charge in [0.25, 0.3) is 5.91 Å². The zero-order chi connectivity index (χ0) is 14.5. The van der Waals surface area contributed by atoms with E-state index in [1.165, 1.54) is 5.56 Å². The van der Waals surface area contributed by atoms with Crippen LogP contribution in [0.1, 0.15) is 19.4 Å². The molecule has 1 fully saturated rings. The molecule has 2 rings (SSSR count). The van der Waals surface area contributed by atoms with Crippen molar-refractivity contribution in [2.45, 2.75) is 32.5 Å². The van der Waals surface area contributed by atoms with E-state index in [-0.39, 0.29) is 6.61 Å². The molecule has 1 aliphatic rings. The summed E-state index contributed by atoms with van der Waals surface area (Å²) in [5.74, 6) is 0.215. The zero-order valence-corrected chi connectivity index (χ0v) is 12.1. The Morgan fingerprint density at radius 2 is 2.10 bits per heavy atom. The summed E-state index contributed by atoms with van der Waals surface area (Å²) in [5, 5.41) is 3.48. The molecule has 20 heavy (non-hydrogen) atoms. The molecule has 5 heteroatoms. The Morgan fingerprint density at radius 3 is 2.75 bits per heavy atom. The highest BCUT2D eigenvalue weighted by Gasteiger charge is 2.21. The first kappa shape index (κ1) is 14.8. The summed E-state index contributed by atoms with van der Waals surface area (Å²) in [7, 11) is 0. The van der Waals surface area contributed by atoms with Gasteiger partial charge in [-0.05, 0) is 31.5 Å². The van der Waals surface area contributed by atoms with E-state index < -0.39 is 5.91 Å². The van der Waals surface area contributed by atoms with E-state index in [2.05, 4.69) is 24.1 Å². The van der Waals surface area contributed by atoms with Crippen LogP contribution in [0.5, 0.6) is 5.75 Å². The van der Waals surface area contributed by atoms with Crippen LogP contribution in [0.15, 0.2) is 24.3 Å². The summed E-state index contributed by atoms with van der Waals surface area (Å²) in [4.78, 5) is 13.1. The molecule has 0 aliphatic carbocycles. The molecule has 0 spiro atoms. The fourth-order valence-corrected chi connectivity index (χ4v) is 2.40. The number of ether oxygens (including phenoxy) is 1. The van der Waals surface area contributed by atoms with Crippen LogP contribution in [0, 0.1) is 0 Å². The topological polar surface area (TPSA) is 67.6 Å². The molecule has 0 saturated carbocycles. The first-order chi connectivity index (χ1) is 9.54. The summed E-state index contributed by atoms with van der Waals surface area (Å²) in [6.07, 6.45) is 0. The van der Waals surface area contributed by atoms with Gasteiger partial charge in [0, 0.05) is 31.7 Å². The standard InChI is InChI=1S/C15H23N3O2/c1-11-8-18(12(2)7-17-11)9-13-3-5-14(6-4-13)20-10-15(16)19/h3-6,11-12,17H,7-10H2,1-2H3,(H2,16,19). The average Bonchev–Trinajstić information content (AvgIpc) is 2.42. The maximum Gasteiger partial charge on any atom is 0.255 e. The second-order valence-corrected chi connectivity index (χ2v) is 5.49. The summed E-state index contributed by atoms with van der Waals surface area (Å²) < 4.78 is 5.25. The predicted molar refractivity (Wildman–Crippen MR) is 78.5 cm³/mol. The Kier molecular flexibility index (Phi) is 4.98. The maximum atomic E-state index is 10.7. The van der Waals surface area contributed by atoms with Gasteiger partial charge in [-0.25, -0.2) is 0 Å². The molecule has 3 N–H and O–H groups in total. The molecule has 1 heterocycles. The minimum Gasteiger partial charge on any atom is -0.484 e. The minimum atomic E-state index is -0.460. The number of nitrogens with zero attached hydrogens (tertiary/aromatic N) is 1. The molecule has 1 amide bonds. The number of benzene rings is 1. The summed E-state index contributed by atoms with van der Waals surface area (Å²) in [5.41, 5.74) is 6.29. The van der Waals surface area contributed by atoms with Gasteiger partial charge in [-0.3, -0.25) is 9.69 Å². The second-order valence-electron chi connectivity index (χ2n) is 5.49. The molecule has 0 aromatic heterocycles. The fourth-order valence-electron chi connectivity index (χ4n) is 2.40. The van der Waals surface area contributed by atoms with Crippen molar-refractivity contribution in [2.24, 2.45) is 5.73 Å². The highest BCUT2D eigenvalue weighted by Crippen LogP contribution is 2.16. The van der Waals surface area contributed by atoms with Crippen molar-refractivity contribution in [3.8, 4) is 5.75 Å². The minimum absolute atomic E-state index is 0.0777. The Hall–Kier alpha value is -1.59. The van der Waals surface area contributed by atoms with Crippen molar-refractivity contribution in [3.05, 3.63) is 29.8 Å². The lowest BCUT2D eigenvalue weighted by atomic mass is 10.1. The van der Waals surface area contributed by atoms with E-state index in [0.29, 0.717) is 17.8 Å². The van der Waals surface area contributed by atoms with E-state index in [1.54, 1.807) is 0 Å². The SMILES string of the molecule is CC1CN(Cc2ccc(OCC(N)=O)cc2)C(C)CN1. The summed E-state index contributed by atoms with van der Waals surface area (Å²) in [6.45, 7) is 7.39. The average molecular weight is 277 g/mol. The van der Waals surface area contributed by atoms with Gasteiger partial charge in [0.2, 0.25) is 0 Å². The molecule has 2 atom stereocenters. The second kappa shape index (κ2) is 6.72. The number of hydrogen-bond acceptors (Lipinski definition) is 4. The van der Waals surface area contributed by atoms with Crippen LogP contribution >= 0.6 is 0 Å². The van der Waals surface area contributed by atoms with Crippen molar-refractivity contribution in [2.75, 3.05) is 19.7 Å². The highest BCUT2D eigenvalue weighted by atomic mass is 16.5. The Morgan fingerprint density at radius 1 is 1.40 bits per heavy atom. The number of hydrogen-bond donors (Lipinski definition) is 2. The van der Waals surface area contributed by atoms with Crippen molar-refractivity contribution < 1.29 is 9.53 Å². The molecule has 1 aliphatic heterocycles. The molecule has 0 radical (unpaired) electrons. The maximum absolute atomic E-state index is 10.7. The number of nitrogens with one attached hydrogen (secondary N) is 1. The van der Waals surface area contributed by atoms with Crippen molar-refractivity contribution >= 4 is 5.91 Å². The molecule has 1 saturated heterocycles. The van der Waals surface area contributed by atoms with Crippen LogP contribution in [0.4, 0.5) is 0 Å². The number of nitrogens with two attached hydrogens (primary N) is 1. The van der Waals surface area contributed by atoms with Crippen LogP contribution in [-0.2, 0) is 11.3 Å². The van der Waals surface area contributed by atoms with Gasteiger partial charge in [0.05, 0.1) is 0 Å². The lowest BCUT2D eigenvalue weighted by Crippen LogP contribution is -2.53. The predicted octanol–water partition coefficient (Wildman–Crippen LogP) is 0.733. The Bertz CT molecular complexity index is 447. The monoisotopic (exact) mass is 277 g/mol. The quantitative estimate of drug-likeness (QED) is 0.833. The zero-order valence-electron chi connectivity index (χ0n) is 12.1. The number of amides is 1. The van der Waals surface area contributed by atoms with Gasteiger partial charge >= 0.3 is 0 Å². The van der Waals surface area contributed by atoms with Gasteiger partial charge in [0.15, 0.2) is 6.61 Å². The van der Waals surface area contributed by atoms with Gasteiger partial charge in [-0.15, -0.1) is 0 Å². The van der Waals surface area contributed by atoms with Crippen molar-refractivity contribution in [3.63, 3.8) is 0 Å². The number of carbonyl (C=O) groups is 1. The third kappa shape index (κ3) is 4.21. The third-order valence-electron chi connectivity index (χ3n) is 3.58. The van der Waals surface area contributed by atoms with E-state index >= 15 is 0 Å². The lowest BCUT2D eigenvalue weighted by molar-refractivity contribution is -0.119. The fraction of sp³-hybridized carbons (Fsp3) is 0.533. The Labute approximate surface area is 120 Å². The van der Waals surface area contributed by atoms with Crippen LogP contribution in [0.3, 0.4) is 0 Å². The van der Waals surface area contributed by atoms with Crippen LogP contribution in [0.25, 0.3) is 0 Å².